The number of nitrogens with one attached hydrogen (secondary N) is 1. The number of aliphatic hydroxyl groups excluding tert-OH is 1. The van der Waals surface area contributed by atoms with Gasteiger partial charge in [-0.25, -0.2) is 0 Å². The van der Waals surface area contributed by atoms with Crippen LogP contribution in [0.2, 0.25) is 0 Å². The third-order valence-corrected chi connectivity index (χ3v) is 3.19. The average Bonchev–Trinajstić information content (AvgIpc) is 2.45. The second kappa shape index (κ2) is 8.52. The fourth-order valence-corrected chi connectivity index (χ4v) is 2.16. The van der Waals surface area contributed by atoms with Gasteiger partial charge in [-0.15, -0.1) is 0 Å². The number of hydrogen-bond donors (Lipinski definition) is 2. The van der Waals surface area contributed by atoms with Crippen molar-refractivity contribution in [1.82, 2.24) is 4.90 Å². The zero-order chi connectivity index (χ0) is 19.3. The van der Waals surface area contributed by atoms with E-state index in [1.54, 1.807) is 0 Å². The van der Waals surface area contributed by atoms with E-state index in [0.29, 0.717) is 25.1 Å². The predicted octanol–water partition coefficient (Wildman–Crippen LogP) is 3.37. The first-order chi connectivity index (χ1) is 11.5. The number of hydrogen-bond acceptors (Lipinski definition) is 3. The van der Waals surface area contributed by atoms with Crippen molar-refractivity contribution in [2.24, 2.45) is 0 Å². The molecule has 10 heteroatoms. The lowest BCUT2D eigenvalue weighted by Gasteiger charge is -2.20. The summed E-state index contributed by atoms with van der Waals surface area (Å²) in [6.07, 6.45) is -9.30. The number of aliphatic hydroxyl groups is 1. The summed E-state index contributed by atoms with van der Waals surface area (Å²) in [5.74, 6) is -0.769. The second-order valence-electron chi connectivity index (χ2n) is 5.34. The fourth-order valence-electron chi connectivity index (χ4n) is 2.16. The maximum Gasteiger partial charge on any atom is 0.416 e. The molecular weight excluding hydrogens is 354 g/mol. The Morgan fingerprint density at radius 2 is 1.56 bits per heavy atom. The molecule has 0 saturated carbocycles. The van der Waals surface area contributed by atoms with Gasteiger partial charge in [-0.3, -0.25) is 9.69 Å². The lowest BCUT2D eigenvalue weighted by Crippen LogP contribution is -2.35. The van der Waals surface area contributed by atoms with Crippen LogP contribution >= 0.6 is 0 Å². The quantitative estimate of drug-likeness (QED) is 0.722. The van der Waals surface area contributed by atoms with E-state index in [1.807, 2.05) is 6.92 Å². The minimum Gasteiger partial charge on any atom is -0.395 e. The van der Waals surface area contributed by atoms with E-state index < -0.39 is 35.1 Å². The highest BCUT2D eigenvalue weighted by atomic mass is 19.4. The molecule has 0 aliphatic heterocycles. The van der Waals surface area contributed by atoms with Crippen LogP contribution in [-0.4, -0.2) is 42.2 Å². The van der Waals surface area contributed by atoms with Gasteiger partial charge in [0.1, 0.15) is 0 Å². The van der Waals surface area contributed by atoms with Crippen LogP contribution in [0.25, 0.3) is 0 Å². The van der Waals surface area contributed by atoms with Crippen molar-refractivity contribution in [3.05, 3.63) is 29.3 Å². The zero-order valence-electron chi connectivity index (χ0n) is 13.3. The van der Waals surface area contributed by atoms with Crippen molar-refractivity contribution in [2.45, 2.75) is 25.7 Å². The Hall–Kier alpha value is -1.81. The first kappa shape index (κ1) is 21.2. The molecule has 0 spiro atoms. The largest absolute Gasteiger partial charge is 0.416 e. The number of amides is 1. The summed E-state index contributed by atoms with van der Waals surface area (Å²) in [5.41, 5.74) is -3.59. The summed E-state index contributed by atoms with van der Waals surface area (Å²) >= 11 is 0. The summed E-state index contributed by atoms with van der Waals surface area (Å²) in [7, 11) is 0. The summed E-state index contributed by atoms with van der Waals surface area (Å²) in [6.45, 7) is 1.95. The van der Waals surface area contributed by atoms with E-state index in [0.717, 1.165) is 0 Å². The van der Waals surface area contributed by atoms with Crippen LogP contribution < -0.4 is 5.32 Å². The standard InChI is InChI=1S/C15H18F6N2O2/c1-2-3-23(4-5-24)9-13(25)22-12-7-10(14(16,17)18)6-11(8-12)15(19,20)21/h6-8,24H,2-5,9H2,1H3,(H,22,25). The van der Waals surface area contributed by atoms with Crippen LogP contribution in [0.15, 0.2) is 18.2 Å². The van der Waals surface area contributed by atoms with Crippen LogP contribution in [0.3, 0.4) is 0 Å². The normalized spacial score (nSPS) is 12.5. The molecule has 4 nitrogen and oxygen atoms in total. The number of rotatable bonds is 7. The minimum absolute atomic E-state index is 0.00912. The van der Waals surface area contributed by atoms with Gasteiger partial charge in [0.15, 0.2) is 0 Å². The summed E-state index contributed by atoms with van der Waals surface area (Å²) < 4.78 is 76.6. The Bertz CT molecular complexity index is 548. The SMILES string of the molecule is CCCN(CCO)CC(=O)Nc1cc(C(F)(F)F)cc(C(F)(F)F)c1. The Balaban J connectivity index is 3.02. The Labute approximate surface area is 140 Å². The van der Waals surface area contributed by atoms with E-state index in [1.165, 1.54) is 4.90 Å². The first-order valence-corrected chi connectivity index (χ1v) is 7.40. The van der Waals surface area contributed by atoms with Gasteiger partial charge in [-0.2, -0.15) is 26.3 Å². The number of halogens is 6. The molecule has 0 atom stereocenters. The van der Waals surface area contributed by atoms with Crippen molar-refractivity contribution in [1.29, 1.82) is 0 Å². The number of carbonyl (C=O) groups excluding carboxylic acids is 1. The van der Waals surface area contributed by atoms with Crippen molar-refractivity contribution in [3.8, 4) is 0 Å². The lowest BCUT2D eigenvalue weighted by atomic mass is 10.1. The molecule has 0 aliphatic carbocycles. The fraction of sp³-hybridized carbons (Fsp3) is 0.533. The molecule has 1 aromatic carbocycles. The maximum atomic E-state index is 12.8. The van der Waals surface area contributed by atoms with E-state index in [2.05, 4.69) is 5.32 Å². The number of nitrogens with zero attached hydrogens (tertiary/aromatic N) is 1. The highest BCUT2D eigenvalue weighted by Crippen LogP contribution is 2.37. The monoisotopic (exact) mass is 372 g/mol. The molecular formula is C15H18F6N2O2. The highest BCUT2D eigenvalue weighted by Gasteiger charge is 2.37. The van der Waals surface area contributed by atoms with Gasteiger partial charge in [0, 0.05) is 12.2 Å². The Kier molecular flexibility index (Phi) is 7.24. The zero-order valence-corrected chi connectivity index (χ0v) is 13.3. The topological polar surface area (TPSA) is 52.6 Å². The molecule has 142 valence electrons. The molecule has 0 fully saturated rings. The van der Waals surface area contributed by atoms with E-state index in [4.69, 9.17) is 5.11 Å². The van der Waals surface area contributed by atoms with Gasteiger partial charge < -0.3 is 10.4 Å². The predicted molar refractivity (Wildman–Crippen MR) is 78.9 cm³/mol. The summed E-state index contributed by atoms with van der Waals surface area (Å²) in [5, 5.41) is 10.9. The molecule has 25 heavy (non-hydrogen) atoms. The maximum absolute atomic E-state index is 12.8. The van der Waals surface area contributed by atoms with Crippen molar-refractivity contribution in [2.75, 3.05) is 31.6 Å². The van der Waals surface area contributed by atoms with Crippen LogP contribution in [0.5, 0.6) is 0 Å². The van der Waals surface area contributed by atoms with Gasteiger partial charge in [-0.05, 0) is 31.2 Å². The number of alkyl halides is 6. The van der Waals surface area contributed by atoms with Crippen LogP contribution in [0, 0.1) is 0 Å². The molecule has 0 radical (unpaired) electrons. The summed E-state index contributed by atoms with van der Waals surface area (Å²) in [6, 6.07) is 0.886. The van der Waals surface area contributed by atoms with Crippen LogP contribution in [0.1, 0.15) is 24.5 Å². The van der Waals surface area contributed by atoms with E-state index in [-0.39, 0.29) is 25.8 Å². The van der Waals surface area contributed by atoms with Crippen molar-refractivity contribution < 1.29 is 36.2 Å². The second-order valence-corrected chi connectivity index (χ2v) is 5.34. The van der Waals surface area contributed by atoms with Crippen LogP contribution in [-0.2, 0) is 17.1 Å². The van der Waals surface area contributed by atoms with Crippen molar-refractivity contribution >= 4 is 11.6 Å². The molecule has 0 aromatic heterocycles. The molecule has 1 rings (SSSR count). The Morgan fingerprint density at radius 1 is 1.04 bits per heavy atom. The molecule has 1 amide bonds. The molecule has 2 N–H and O–H groups in total. The molecule has 0 bridgehead atoms. The first-order valence-electron chi connectivity index (χ1n) is 7.40. The van der Waals surface area contributed by atoms with E-state index in [9.17, 15) is 31.1 Å². The molecule has 0 heterocycles. The van der Waals surface area contributed by atoms with Gasteiger partial charge in [-0.1, -0.05) is 6.92 Å². The minimum atomic E-state index is -4.98. The lowest BCUT2D eigenvalue weighted by molar-refractivity contribution is -0.143. The van der Waals surface area contributed by atoms with E-state index >= 15 is 0 Å². The highest BCUT2D eigenvalue weighted by molar-refractivity contribution is 5.92. The molecule has 1 aromatic rings. The van der Waals surface area contributed by atoms with Gasteiger partial charge >= 0.3 is 12.4 Å². The van der Waals surface area contributed by atoms with Gasteiger partial charge in [0.2, 0.25) is 5.91 Å². The van der Waals surface area contributed by atoms with Gasteiger partial charge in [0.05, 0.1) is 24.3 Å². The van der Waals surface area contributed by atoms with Gasteiger partial charge in [0.25, 0.3) is 0 Å². The summed E-state index contributed by atoms with van der Waals surface area (Å²) in [4.78, 5) is 13.4. The third-order valence-electron chi connectivity index (χ3n) is 3.19. The number of anilines is 1. The number of benzene rings is 1. The molecule has 0 aliphatic rings. The smallest absolute Gasteiger partial charge is 0.395 e. The Morgan fingerprint density at radius 3 is 1.96 bits per heavy atom. The van der Waals surface area contributed by atoms with Crippen molar-refractivity contribution in [3.63, 3.8) is 0 Å². The molecule has 0 unspecified atom stereocenters. The third kappa shape index (κ3) is 6.91. The van der Waals surface area contributed by atoms with Crippen LogP contribution in [0.4, 0.5) is 32.0 Å². The average molecular weight is 372 g/mol. The number of carbonyl (C=O) groups is 1. The molecule has 0 saturated heterocycles.